The van der Waals surface area contributed by atoms with Crippen LogP contribution in [-0.2, 0) is 6.54 Å². The van der Waals surface area contributed by atoms with Gasteiger partial charge in [-0.15, -0.1) is 11.3 Å². The summed E-state index contributed by atoms with van der Waals surface area (Å²) in [6.45, 7) is 8.59. The number of carbonyl (C=O) groups is 1. The number of fused-ring (bicyclic) bond motifs is 1. The lowest BCUT2D eigenvalue weighted by Crippen LogP contribution is -2.30. The van der Waals surface area contributed by atoms with Crippen molar-refractivity contribution >= 4 is 33.3 Å². The van der Waals surface area contributed by atoms with E-state index in [1.54, 1.807) is 0 Å². The number of aromatic nitrogens is 2. The highest BCUT2D eigenvalue weighted by Crippen LogP contribution is 2.36. The zero-order valence-corrected chi connectivity index (χ0v) is 17.5. The second kappa shape index (κ2) is 7.87. The van der Waals surface area contributed by atoms with Crippen LogP contribution >= 0.6 is 11.3 Å². The standard InChI is InChI=1S/C22H26N4OS/c1-14-9-5-6-10-17(14)13-23-21(27)19-15(2)18-20(26-11-7-4-8-12-26)24-16(3)25-22(18)28-19/h5-6,9-10H,4,7-8,11-13H2,1-3H3,(H,23,27). The molecule has 28 heavy (non-hydrogen) atoms. The van der Waals surface area contributed by atoms with E-state index >= 15 is 0 Å². The van der Waals surface area contributed by atoms with Gasteiger partial charge in [-0.25, -0.2) is 9.97 Å². The first kappa shape index (κ1) is 18.9. The van der Waals surface area contributed by atoms with E-state index < -0.39 is 0 Å². The van der Waals surface area contributed by atoms with Crippen molar-refractivity contribution in [2.24, 2.45) is 0 Å². The van der Waals surface area contributed by atoms with E-state index in [1.807, 2.05) is 26.0 Å². The van der Waals surface area contributed by atoms with Gasteiger partial charge in [-0.05, 0) is 56.7 Å². The topological polar surface area (TPSA) is 58.1 Å². The Morgan fingerprint density at radius 2 is 1.86 bits per heavy atom. The number of benzene rings is 1. The van der Waals surface area contributed by atoms with Crippen LogP contribution < -0.4 is 10.2 Å². The molecule has 4 rings (SSSR count). The minimum atomic E-state index is -0.0361. The van der Waals surface area contributed by atoms with Gasteiger partial charge in [-0.1, -0.05) is 24.3 Å². The quantitative estimate of drug-likeness (QED) is 0.706. The maximum Gasteiger partial charge on any atom is 0.261 e. The molecule has 2 aromatic heterocycles. The van der Waals surface area contributed by atoms with E-state index in [0.717, 1.165) is 51.0 Å². The van der Waals surface area contributed by atoms with Gasteiger partial charge in [0.2, 0.25) is 0 Å². The lowest BCUT2D eigenvalue weighted by Gasteiger charge is -2.28. The first-order valence-electron chi connectivity index (χ1n) is 9.90. The molecule has 1 aliphatic heterocycles. The van der Waals surface area contributed by atoms with Crippen molar-refractivity contribution in [1.29, 1.82) is 0 Å². The van der Waals surface area contributed by atoms with Gasteiger partial charge in [0.15, 0.2) is 0 Å². The fraction of sp³-hybridized carbons (Fsp3) is 0.409. The number of rotatable bonds is 4. The molecule has 3 aromatic rings. The first-order valence-corrected chi connectivity index (χ1v) is 10.7. The summed E-state index contributed by atoms with van der Waals surface area (Å²) in [5.41, 5.74) is 3.31. The van der Waals surface area contributed by atoms with Crippen molar-refractivity contribution in [1.82, 2.24) is 15.3 Å². The molecule has 0 atom stereocenters. The molecule has 146 valence electrons. The van der Waals surface area contributed by atoms with Crippen molar-refractivity contribution in [2.75, 3.05) is 18.0 Å². The van der Waals surface area contributed by atoms with Crippen molar-refractivity contribution in [2.45, 2.75) is 46.6 Å². The Morgan fingerprint density at radius 1 is 1.11 bits per heavy atom. The summed E-state index contributed by atoms with van der Waals surface area (Å²) in [4.78, 5) is 26.3. The predicted octanol–water partition coefficient (Wildman–Crippen LogP) is 4.54. The number of thiophene rings is 1. The monoisotopic (exact) mass is 394 g/mol. The molecular formula is C22H26N4OS. The summed E-state index contributed by atoms with van der Waals surface area (Å²) in [6, 6.07) is 8.13. The molecular weight excluding hydrogens is 368 g/mol. The van der Waals surface area contributed by atoms with Crippen molar-refractivity contribution in [3.8, 4) is 0 Å². The summed E-state index contributed by atoms with van der Waals surface area (Å²) in [6.07, 6.45) is 3.66. The van der Waals surface area contributed by atoms with E-state index in [0.29, 0.717) is 6.54 Å². The molecule has 0 radical (unpaired) electrons. The van der Waals surface area contributed by atoms with E-state index in [2.05, 4.69) is 34.3 Å². The molecule has 1 aromatic carbocycles. The number of aryl methyl sites for hydroxylation is 3. The minimum absolute atomic E-state index is 0.0361. The number of anilines is 1. The smallest absolute Gasteiger partial charge is 0.261 e. The van der Waals surface area contributed by atoms with Gasteiger partial charge in [-0.2, -0.15) is 0 Å². The molecule has 5 nitrogen and oxygen atoms in total. The number of hydrogen-bond donors (Lipinski definition) is 1. The van der Waals surface area contributed by atoms with Gasteiger partial charge in [0.05, 0.1) is 10.3 Å². The van der Waals surface area contributed by atoms with E-state index in [-0.39, 0.29) is 5.91 Å². The molecule has 1 fully saturated rings. The Balaban J connectivity index is 1.65. The highest BCUT2D eigenvalue weighted by Gasteiger charge is 2.23. The Bertz CT molecular complexity index is 1020. The molecule has 0 saturated carbocycles. The lowest BCUT2D eigenvalue weighted by atomic mass is 10.1. The minimum Gasteiger partial charge on any atom is -0.356 e. The third-order valence-corrected chi connectivity index (χ3v) is 6.63. The maximum absolute atomic E-state index is 12.9. The highest BCUT2D eigenvalue weighted by molar-refractivity contribution is 7.20. The zero-order valence-electron chi connectivity index (χ0n) is 16.7. The second-order valence-electron chi connectivity index (χ2n) is 7.49. The normalized spacial score (nSPS) is 14.5. The molecule has 0 bridgehead atoms. The Kier molecular flexibility index (Phi) is 5.31. The summed E-state index contributed by atoms with van der Waals surface area (Å²) in [7, 11) is 0. The molecule has 1 aliphatic rings. The largest absolute Gasteiger partial charge is 0.356 e. The van der Waals surface area contributed by atoms with Crippen LogP contribution in [0.4, 0.5) is 5.82 Å². The zero-order chi connectivity index (χ0) is 19.7. The van der Waals surface area contributed by atoms with Gasteiger partial charge in [0.25, 0.3) is 5.91 Å². The van der Waals surface area contributed by atoms with Gasteiger partial charge in [0.1, 0.15) is 16.5 Å². The van der Waals surface area contributed by atoms with E-state index in [1.165, 1.54) is 36.2 Å². The van der Waals surface area contributed by atoms with Crippen LogP contribution in [0.2, 0.25) is 0 Å². The third kappa shape index (κ3) is 3.61. The van der Waals surface area contributed by atoms with Crippen molar-refractivity contribution < 1.29 is 4.79 Å². The molecule has 6 heteroatoms. The van der Waals surface area contributed by atoms with Gasteiger partial charge >= 0.3 is 0 Å². The van der Waals surface area contributed by atoms with E-state index in [9.17, 15) is 4.79 Å². The fourth-order valence-corrected chi connectivity index (χ4v) is 4.97. The average Bonchev–Trinajstić information content (AvgIpc) is 3.03. The third-order valence-electron chi connectivity index (χ3n) is 5.45. The summed E-state index contributed by atoms with van der Waals surface area (Å²) >= 11 is 1.47. The molecule has 1 amide bonds. The number of nitrogens with zero attached hydrogens (tertiary/aromatic N) is 3. The van der Waals surface area contributed by atoms with Crippen molar-refractivity contribution in [3.05, 3.63) is 51.7 Å². The average molecular weight is 395 g/mol. The molecule has 1 saturated heterocycles. The SMILES string of the molecule is Cc1nc(N2CCCCC2)c2c(C)c(C(=O)NCc3ccccc3C)sc2n1. The van der Waals surface area contributed by atoms with Crippen molar-refractivity contribution in [3.63, 3.8) is 0 Å². The number of piperidine rings is 1. The maximum atomic E-state index is 12.9. The first-order chi connectivity index (χ1) is 13.5. The molecule has 0 unspecified atom stereocenters. The molecule has 0 aliphatic carbocycles. The summed E-state index contributed by atoms with van der Waals surface area (Å²) < 4.78 is 0. The number of amides is 1. The van der Waals surface area contributed by atoms with Gasteiger partial charge in [0, 0.05) is 19.6 Å². The van der Waals surface area contributed by atoms with Gasteiger partial charge < -0.3 is 10.2 Å². The van der Waals surface area contributed by atoms with Crippen LogP contribution in [0.1, 0.15) is 51.4 Å². The number of carbonyl (C=O) groups excluding carboxylic acids is 1. The number of hydrogen-bond acceptors (Lipinski definition) is 5. The van der Waals surface area contributed by atoms with Crippen LogP contribution in [0.3, 0.4) is 0 Å². The van der Waals surface area contributed by atoms with Crippen LogP contribution in [0, 0.1) is 20.8 Å². The van der Waals surface area contributed by atoms with Crippen LogP contribution in [0.5, 0.6) is 0 Å². The molecule has 0 spiro atoms. The second-order valence-corrected chi connectivity index (χ2v) is 8.49. The molecule has 1 N–H and O–H groups in total. The van der Waals surface area contributed by atoms with Crippen LogP contribution in [0.25, 0.3) is 10.2 Å². The summed E-state index contributed by atoms with van der Waals surface area (Å²) in [5.74, 6) is 1.72. The molecule has 3 heterocycles. The van der Waals surface area contributed by atoms with Gasteiger partial charge in [-0.3, -0.25) is 4.79 Å². The van der Waals surface area contributed by atoms with E-state index in [4.69, 9.17) is 4.98 Å². The summed E-state index contributed by atoms with van der Waals surface area (Å²) in [5, 5.41) is 4.12. The van der Waals surface area contributed by atoms with Crippen LogP contribution in [0.15, 0.2) is 24.3 Å². The fourth-order valence-electron chi connectivity index (χ4n) is 3.84. The van der Waals surface area contributed by atoms with Crippen LogP contribution in [-0.4, -0.2) is 29.0 Å². The number of nitrogens with one attached hydrogen (secondary N) is 1. The Labute approximate surface area is 169 Å². The predicted molar refractivity (Wildman–Crippen MR) is 115 cm³/mol. The highest BCUT2D eigenvalue weighted by atomic mass is 32.1. The Hall–Kier alpha value is -2.47. The Morgan fingerprint density at radius 3 is 2.61 bits per heavy atom. The lowest BCUT2D eigenvalue weighted by molar-refractivity contribution is 0.0954.